The van der Waals surface area contributed by atoms with Gasteiger partial charge in [-0.05, 0) is 39.1 Å². The number of hydrogen-bond acceptors (Lipinski definition) is 9. The van der Waals surface area contributed by atoms with E-state index in [0.717, 1.165) is 17.3 Å². The maximum atomic E-state index is 13.1. The Balaban J connectivity index is 1.69. The molecule has 0 fully saturated rings. The largest absolute Gasteiger partial charge is 0.497 e. The Bertz CT molecular complexity index is 1640. The summed E-state index contributed by atoms with van der Waals surface area (Å²) in [5.41, 5.74) is 7.79. The summed E-state index contributed by atoms with van der Waals surface area (Å²) in [5, 5.41) is 22.4. The molecule has 2 heterocycles. The minimum atomic E-state index is -0.842. The van der Waals surface area contributed by atoms with Gasteiger partial charge in [0, 0.05) is 17.7 Å². The predicted molar refractivity (Wildman–Crippen MR) is 140 cm³/mol. The molecule has 2 aromatic heterocycles. The van der Waals surface area contributed by atoms with Gasteiger partial charge in [0.25, 0.3) is 0 Å². The molecule has 10 nitrogen and oxygen atoms in total. The van der Waals surface area contributed by atoms with Crippen molar-refractivity contribution in [3.8, 4) is 34.7 Å². The number of aromatic nitrogens is 3. The zero-order valence-electron chi connectivity index (χ0n) is 20.8. The Labute approximate surface area is 222 Å². The van der Waals surface area contributed by atoms with E-state index in [1.165, 1.54) is 11.8 Å². The van der Waals surface area contributed by atoms with E-state index in [2.05, 4.69) is 30.2 Å². The number of anilines is 1. The highest BCUT2D eigenvalue weighted by molar-refractivity contribution is 8.00. The van der Waals surface area contributed by atoms with Crippen molar-refractivity contribution in [3.63, 3.8) is 0 Å². The Morgan fingerprint density at radius 3 is 2.37 bits per heavy atom. The van der Waals surface area contributed by atoms with Crippen LogP contribution in [0.3, 0.4) is 0 Å². The van der Waals surface area contributed by atoms with Gasteiger partial charge < -0.3 is 10.5 Å². The number of carbonyl (C=O) groups excluding carboxylic acids is 1. The number of rotatable bonds is 8. The van der Waals surface area contributed by atoms with Crippen molar-refractivity contribution in [1.82, 2.24) is 10.3 Å². The highest BCUT2D eigenvalue weighted by atomic mass is 32.2. The number of pyridine rings is 1. The molecule has 0 atom stereocenters. The van der Waals surface area contributed by atoms with Crippen LogP contribution in [0.1, 0.15) is 46.9 Å². The summed E-state index contributed by atoms with van der Waals surface area (Å²) >= 11 is 0.947. The molecule has 0 aliphatic heterocycles. The fourth-order valence-corrected chi connectivity index (χ4v) is 4.71. The number of carbonyl (C=O) groups is 1. The Morgan fingerprint density at radius 2 is 1.79 bits per heavy atom. The third-order valence-corrected chi connectivity index (χ3v) is 6.84. The molecule has 0 aliphatic rings. The van der Waals surface area contributed by atoms with Crippen LogP contribution in [0.5, 0.6) is 5.75 Å². The van der Waals surface area contributed by atoms with Gasteiger partial charge >= 0.3 is 11.3 Å². The van der Waals surface area contributed by atoms with E-state index < -0.39 is 11.4 Å². The number of ether oxygens (including phenoxy) is 1. The second kappa shape index (κ2) is 11.0. The standard InChI is InChI=1S/C27H22N6O4S/c1-15(2)16-4-6-17(7-5-16)23-20(12-28)25(30)31-26(21(23)13-29)38-14-22(34)24-27(35)37-32-33(24)18-8-10-19(36-3)11-9-18/h4-11,15H,14H2,1-3H3,(H2-,30,31,32,34,35)/p+1. The minimum Gasteiger partial charge on any atom is -0.497 e. The van der Waals surface area contributed by atoms with Crippen LogP contribution >= 0.6 is 11.8 Å². The molecule has 0 aliphatic carbocycles. The molecular formula is C27H23N6O4S+. The van der Waals surface area contributed by atoms with Crippen molar-refractivity contribution >= 4 is 23.4 Å². The molecule has 4 rings (SSSR count). The molecule has 4 aromatic rings. The Kier molecular flexibility index (Phi) is 7.61. The first-order chi connectivity index (χ1) is 18.3. The monoisotopic (exact) mass is 527 g/mol. The zero-order chi connectivity index (χ0) is 27.4. The van der Waals surface area contributed by atoms with Crippen LogP contribution < -0.4 is 20.8 Å². The van der Waals surface area contributed by atoms with Crippen LogP contribution in [0.25, 0.3) is 16.8 Å². The van der Waals surface area contributed by atoms with Crippen LogP contribution in [0, 0.1) is 22.7 Å². The summed E-state index contributed by atoms with van der Waals surface area (Å²) in [5.74, 6) is 0.0570. The maximum absolute atomic E-state index is 13.1. The summed E-state index contributed by atoms with van der Waals surface area (Å²) in [4.78, 5) is 29.7. The van der Waals surface area contributed by atoms with Crippen LogP contribution in [0.15, 0.2) is 62.9 Å². The number of H-pyrrole nitrogens is 1. The number of nitrogen functional groups attached to an aromatic ring is 1. The van der Waals surface area contributed by atoms with Crippen molar-refractivity contribution in [3.05, 3.63) is 81.3 Å². The first kappa shape index (κ1) is 26.2. The molecule has 2 aromatic carbocycles. The van der Waals surface area contributed by atoms with Crippen molar-refractivity contribution < 1.29 is 18.7 Å². The summed E-state index contributed by atoms with van der Waals surface area (Å²) < 4.78 is 11.3. The van der Waals surface area contributed by atoms with Gasteiger partial charge in [-0.25, -0.2) is 9.78 Å². The lowest BCUT2D eigenvalue weighted by molar-refractivity contribution is -0.672. The number of benzene rings is 2. The van der Waals surface area contributed by atoms with E-state index in [1.807, 2.05) is 30.3 Å². The lowest BCUT2D eigenvalue weighted by Crippen LogP contribution is -2.41. The molecule has 190 valence electrons. The van der Waals surface area contributed by atoms with Gasteiger partial charge in [-0.15, -0.1) is 0 Å². The maximum Gasteiger partial charge on any atom is 0.438 e. The smallest absolute Gasteiger partial charge is 0.438 e. The zero-order valence-corrected chi connectivity index (χ0v) is 21.6. The van der Waals surface area contributed by atoms with Gasteiger partial charge in [0.1, 0.15) is 34.3 Å². The third-order valence-electron chi connectivity index (χ3n) is 5.86. The number of thioether (sulfide) groups is 1. The number of nitriles is 2. The van der Waals surface area contributed by atoms with Gasteiger partial charge in [-0.1, -0.05) is 49.9 Å². The van der Waals surface area contributed by atoms with Gasteiger partial charge in [-0.2, -0.15) is 10.5 Å². The quantitative estimate of drug-likeness (QED) is 0.197. The van der Waals surface area contributed by atoms with Crippen molar-refractivity contribution in [2.75, 3.05) is 18.6 Å². The second-order valence-corrected chi connectivity index (χ2v) is 9.47. The second-order valence-electron chi connectivity index (χ2n) is 8.50. The summed E-state index contributed by atoms with van der Waals surface area (Å²) in [6, 6.07) is 18.3. The first-order valence-electron chi connectivity index (χ1n) is 11.5. The predicted octanol–water partition coefficient (Wildman–Crippen LogP) is 3.74. The number of Topliss-reactive ketones (excluding diaryl/α,β-unsaturated/α-hetero) is 1. The number of methoxy groups -OCH3 is 1. The molecular weight excluding hydrogens is 504 g/mol. The average molecular weight is 528 g/mol. The highest BCUT2D eigenvalue weighted by Gasteiger charge is 2.31. The summed E-state index contributed by atoms with van der Waals surface area (Å²) in [6.07, 6.45) is 0. The van der Waals surface area contributed by atoms with Crippen LogP contribution in [0.4, 0.5) is 5.82 Å². The van der Waals surface area contributed by atoms with Gasteiger partial charge in [-0.3, -0.25) is 9.32 Å². The van der Waals surface area contributed by atoms with Crippen LogP contribution in [0.2, 0.25) is 0 Å². The number of ketones is 1. The average Bonchev–Trinajstić information content (AvgIpc) is 3.32. The molecule has 38 heavy (non-hydrogen) atoms. The topological polar surface area (TPSA) is 163 Å². The fourth-order valence-electron chi connectivity index (χ4n) is 3.85. The van der Waals surface area contributed by atoms with E-state index >= 15 is 0 Å². The SMILES string of the molecule is COc1ccc(-[n+]2[nH]oc(=O)c2C(=O)CSc2nc(N)c(C#N)c(-c3ccc(C(C)C)cc3)c2C#N)cc1. The third kappa shape index (κ3) is 5.01. The van der Waals surface area contributed by atoms with Crippen molar-refractivity contribution in [2.24, 2.45) is 0 Å². The summed E-state index contributed by atoms with van der Waals surface area (Å²) in [6.45, 7) is 4.13. The van der Waals surface area contributed by atoms with Crippen molar-refractivity contribution in [1.29, 1.82) is 10.5 Å². The van der Waals surface area contributed by atoms with Crippen molar-refractivity contribution in [2.45, 2.75) is 24.8 Å². The molecule has 0 amide bonds. The molecule has 0 unspecified atom stereocenters. The molecule has 0 radical (unpaired) electrons. The fraction of sp³-hybridized carbons (Fsp3) is 0.185. The molecule has 3 N–H and O–H groups in total. The van der Waals surface area contributed by atoms with E-state index in [9.17, 15) is 20.1 Å². The minimum absolute atomic E-state index is 0.0566. The van der Waals surface area contributed by atoms with E-state index in [1.54, 1.807) is 24.3 Å². The molecule has 0 saturated carbocycles. The van der Waals surface area contributed by atoms with Crippen LogP contribution in [-0.4, -0.2) is 28.9 Å². The number of nitrogens with one attached hydrogen (secondary N) is 1. The molecule has 11 heteroatoms. The number of nitrogens with zero attached hydrogens (tertiary/aromatic N) is 4. The van der Waals surface area contributed by atoms with Crippen LogP contribution in [-0.2, 0) is 0 Å². The van der Waals surface area contributed by atoms with Gasteiger partial charge in [0.2, 0.25) is 11.5 Å². The number of nitrogens with two attached hydrogens (primary N) is 1. The highest BCUT2D eigenvalue weighted by Crippen LogP contribution is 2.36. The van der Waals surface area contributed by atoms with Gasteiger partial charge in [0.05, 0.1) is 18.4 Å². The molecule has 0 spiro atoms. The lowest BCUT2D eigenvalue weighted by atomic mass is 9.94. The summed E-state index contributed by atoms with van der Waals surface area (Å²) in [7, 11) is 1.53. The molecule has 0 saturated heterocycles. The van der Waals surface area contributed by atoms with E-state index in [0.29, 0.717) is 28.5 Å². The van der Waals surface area contributed by atoms with E-state index in [4.69, 9.17) is 15.0 Å². The number of aromatic amines is 1. The Hall–Kier alpha value is -4.87. The normalized spacial score (nSPS) is 10.7. The number of hydrogen-bond donors (Lipinski definition) is 2. The van der Waals surface area contributed by atoms with Gasteiger partial charge in [0.15, 0.2) is 0 Å². The van der Waals surface area contributed by atoms with E-state index in [-0.39, 0.29) is 33.4 Å². The lowest BCUT2D eigenvalue weighted by Gasteiger charge is -2.13. The Morgan fingerprint density at radius 1 is 1.13 bits per heavy atom. The molecule has 0 bridgehead atoms. The first-order valence-corrected chi connectivity index (χ1v) is 12.5.